The number of aromatic nitrogens is 2. The van der Waals surface area contributed by atoms with E-state index >= 15 is 0 Å². The van der Waals surface area contributed by atoms with Crippen LogP contribution in [-0.2, 0) is 16.4 Å². The van der Waals surface area contributed by atoms with Crippen LogP contribution >= 0.6 is 0 Å². The van der Waals surface area contributed by atoms with Gasteiger partial charge < -0.3 is 5.32 Å². The standard InChI is InChI=1S/C12H12N4O2S/c17-19(18,16-12-14-5-1-6-15-12)10-2-3-11-9(8-10)4-7-13-11/h1-3,5-6,8,13H,4,7H2,(H,14,15,16). The van der Waals surface area contributed by atoms with E-state index in [-0.39, 0.29) is 10.8 Å². The van der Waals surface area contributed by atoms with Crippen LogP contribution in [0.25, 0.3) is 0 Å². The lowest BCUT2D eigenvalue weighted by atomic mass is 10.2. The second-order valence-electron chi connectivity index (χ2n) is 4.17. The number of anilines is 2. The molecule has 19 heavy (non-hydrogen) atoms. The Bertz CT molecular complexity index is 701. The Morgan fingerprint density at radius 1 is 1.21 bits per heavy atom. The molecule has 0 spiro atoms. The number of nitrogens with one attached hydrogen (secondary N) is 2. The molecule has 0 unspecified atom stereocenters. The topological polar surface area (TPSA) is 84.0 Å². The van der Waals surface area contributed by atoms with Gasteiger partial charge in [-0.1, -0.05) is 0 Å². The molecule has 1 aliphatic heterocycles. The predicted octanol–water partition coefficient (Wildman–Crippen LogP) is 1.25. The minimum Gasteiger partial charge on any atom is -0.384 e. The zero-order valence-corrected chi connectivity index (χ0v) is 10.8. The largest absolute Gasteiger partial charge is 0.384 e. The summed E-state index contributed by atoms with van der Waals surface area (Å²) in [5.74, 6) is 0.0705. The molecule has 0 fully saturated rings. The first-order chi connectivity index (χ1) is 9.15. The van der Waals surface area contributed by atoms with Crippen LogP contribution in [0.4, 0.5) is 11.6 Å². The molecule has 1 aromatic carbocycles. The van der Waals surface area contributed by atoms with Crippen molar-refractivity contribution >= 4 is 21.7 Å². The fourth-order valence-electron chi connectivity index (χ4n) is 1.98. The van der Waals surface area contributed by atoms with E-state index in [1.54, 1.807) is 24.3 Å². The Kier molecular flexibility index (Phi) is 2.83. The molecule has 0 bridgehead atoms. The van der Waals surface area contributed by atoms with E-state index in [0.717, 1.165) is 24.2 Å². The summed E-state index contributed by atoms with van der Waals surface area (Å²) in [7, 11) is -3.64. The van der Waals surface area contributed by atoms with Crippen molar-refractivity contribution < 1.29 is 8.42 Å². The van der Waals surface area contributed by atoms with Gasteiger partial charge in [-0.25, -0.2) is 23.1 Å². The normalized spacial score (nSPS) is 13.7. The average Bonchev–Trinajstić information content (AvgIpc) is 2.86. The van der Waals surface area contributed by atoms with E-state index in [1.807, 2.05) is 0 Å². The molecule has 1 aromatic heterocycles. The van der Waals surface area contributed by atoms with Gasteiger partial charge in [-0.3, -0.25) is 0 Å². The maximum absolute atomic E-state index is 12.2. The van der Waals surface area contributed by atoms with E-state index in [2.05, 4.69) is 20.0 Å². The van der Waals surface area contributed by atoms with Crippen molar-refractivity contribution in [2.75, 3.05) is 16.6 Å². The summed E-state index contributed by atoms with van der Waals surface area (Å²) >= 11 is 0. The molecular weight excluding hydrogens is 264 g/mol. The fraction of sp³-hybridized carbons (Fsp3) is 0.167. The highest BCUT2D eigenvalue weighted by molar-refractivity contribution is 7.92. The van der Waals surface area contributed by atoms with E-state index in [1.165, 1.54) is 12.4 Å². The minimum absolute atomic E-state index is 0.0705. The van der Waals surface area contributed by atoms with Crippen LogP contribution in [0.5, 0.6) is 0 Å². The number of sulfonamides is 1. The van der Waals surface area contributed by atoms with Gasteiger partial charge in [0.05, 0.1) is 4.90 Å². The van der Waals surface area contributed by atoms with Gasteiger partial charge in [0.25, 0.3) is 10.0 Å². The molecule has 0 atom stereocenters. The number of rotatable bonds is 3. The predicted molar refractivity (Wildman–Crippen MR) is 71.5 cm³/mol. The van der Waals surface area contributed by atoms with Gasteiger partial charge in [0.1, 0.15) is 0 Å². The Morgan fingerprint density at radius 3 is 2.79 bits per heavy atom. The number of nitrogens with zero attached hydrogens (tertiary/aromatic N) is 2. The smallest absolute Gasteiger partial charge is 0.264 e. The molecule has 2 N–H and O–H groups in total. The summed E-state index contributed by atoms with van der Waals surface area (Å²) < 4.78 is 26.7. The second-order valence-corrected chi connectivity index (χ2v) is 5.86. The monoisotopic (exact) mass is 276 g/mol. The molecule has 0 amide bonds. The van der Waals surface area contributed by atoms with Crippen molar-refractivity contribution in [1.82, 2.24) is 9.97 Å². The van der Waals surface area contributed by atoms with Crippen LogP contribution in [0.1, 0.15) is 5.56 Å². The second kappa shape index (κ2) is 4.51. The number of benzene rings is 1. The van der Waals surface area contributed by atoms with Gasteiger partial charge in [-0.15, -0.1) is 0 Å². The summed E-state index contributed by atoms with van der Waals surface area (Å²) in [4.78, 5) is 7.92. The van der Waals surface area contributed by atoms with Crippen molar-refractivity contribution in [3.05, 3.63) is 42.2 Å². The van der Waals surface area contributed by atoms with Gasteiger partial charge >= 0.3 is 0 Å². The van der Waals surface area contributed by atoms with Crippen LogP contribution in [0.3, 0.4) is 0 Å². The summed E-state index contributed by atoms with van der Waals surface area (Å²) in [5, 5.41) is 3.19. The van der Waals surface area contributed by atoms with E-state index < -0.39 is 10.0 Å². The van der Waals surface area contributed by atoms with Crippen molar-refractivity contribution in [3.8, 4) is 0 Å². The molecule has 1 aliphatic rings. The van der Waals surface area contributed by atoms with E-state index in [9.17, 15) is 8.42 Å². The van der Waals surface area contributed by atoms with Gasteiger partial charge in [-0.05, 0) is 36.2 Å². The van der Waals surface area contributed by atoms with Gasteiger partial charge in [0.15, 0.2) is 0 Å². The third kappa shape index (κ3) is 2.37. The quantitative estimate of drug-likeness (QED) is 0.881. The molecular formula is C12H12N4O2S. The third-order valence-corrected chi connectivity index (χ3v) is 4.21. The molecule has 2 aromatic rings. The number of fused-ring (bicyclic) bond motifs is 1. The fourth-order valence-corrected chi connectivity index (χ4v) is 2.99. The lowest BCUT2D eigenvalue weighted by Crippen LogP contribution is -2.15. The first-order valence-corrected chi connectivity index (χ1v) is 7.30. The van der Waals surface area contributed by atoms with Crippen LogP contribution in [0.2, 0.25) is 0 Å². The Morgan fingerprint density at radius 2 is 2.00 bits per heavy atom. The molecule has 0 saturated carbocycles. The molecule has 2 heterocycles. The van der Waals surface area contributed by atoms with Crippen molar-refractivity contribution in [3.63, 3.8) is 0 Å². The molecule has 0 saturated heterocycles. The summed E-state index contributed by atoms with van der Waals surface area (Å²) in [6.45, 7) is 0.841. The maximum atomic E-state index is 12.2. The highest BCUT2D eigenvalue weighted by Crippen LogP contribution is 2.25. The summed E-state index contributed by atoms with van der Waals surface area (Å²) in [6.07, 6.45) is 3.80. The SMILES string of the molecule is O=S(=O)(Nc1ncccn1)c1ccc2c(c1)CCN2. The molecule has 3 rings (SSSR count). The third-order valence-electron chi connectivity index (χ3n) is 2.89. The molecule has 6 nitrogen and oxygen atoms in total. The summed E-state index contributed by atoms with van der Waals surface area (Å²) in [6, 6.07) is 6.66. The Labute approximate surface area is 111 Å². The number of hydrogen-bond donors (Lipinski definition) is 2. The highest BCUT2D eigenvalue weighted by atomic mass is 32.2. The first kappa shape index (κ1) is 11.9. The van der Waals surface area contributed by atoms with Crippen LogP contribution in [-0.4, -0.2) is 24.9 Å². The zero-order chi connectivity index (χ0) is 13.3. The van der Waals surface area contributed by atoms with Gasteiger partial charge in [0, 0.05) is 24.6 Å². The van der Waals surface area contributed by atoms with E-state index in [4.69, 9.17) is 0 Å². The number of hydrogen-bond acceptors (Lipinski definition) is 5. The van der Waals surface area contributed by atoms with Crippen LogP contribution < -0.4 is 10.0 Å². The molecule has 0 aliphatic carbocycles. The van der Waals surface area contributed by atoms with Crippen LogP contribution in [0, 0.1) is 0 Å². The van der Waals surface area contributed by atoms with Gasteiger partial charge in [0.2, 0.25) is 5.95 Å². The van der Waals surface area contributed by atoms with Crippen molar-refractivity contribution in [2.24, 2.45) is 0 Å². The first-order valence-electron chi connectivity index (χ1n) is 5.82. The average molecular weight is 276 g/mol. The maximum Gasteiger partial charge on any atom is 0.264 e. The summed E-state index contributed by atoms with van der Waals surface area (Å²) in [5.41, 5.74) is 2.01. The van der Waals surface area contributed by atoms with E-state index in [0.29, 0.717) is 0 Å². The van der Waals surface area contributed by atoms with Crippen molar-refractivity contribution in [2.45, 2.75) is 11.3 Å². The van der Waals surface area contributed by atoms with Crippen LogP contribution in [0.15, 0.2) is 41.6 Å². The van der Waals surface area contributed by atoms with Gasteiger partial charge in [-0.2, -0.15) is 0 Å². The Balaban J connectivity index is 1.92. The highest BCUT2D eigenvalue weighted by Gasteiger charge is 2.19. The minimum atomic E-state index is -3.64. The zero-order valence-electron chi connectivity index (χ0n) is 10.00. The lowest BCUT2D eigenvalue weighted by molar-refractivity contribution is 0.600. The Hall–Kier alpha value is -2.15. The molecule has 7 heteroatoms. The van der Waals surface area contributed by atoms with Crippen molar-refractivity contribution in [1.29, 1.82) is 0 Å². The lowest BCUT2D eigenvalue weighted by Gasteiger charge is -2.07. The molecule has 0 radical (unpaired) electrons. The molecule has 98 valence electrons.